The number of rotatable bonds is 1. The van der Waals surface area contributed by atoms with Gasteiger partial charge in [0.1, 0.15) is 5.82 Å². The normalized spacial score (nSPS) is 39.1. The van der Waals surface area contributed by atoms with E-state index in [-0.39, 0.29) is 0 Å². The monoisotopic (exact) mass is 159 g/mol. The average molecular weight is 159 g/mol. The third-order valence-electron chi connectivity index (χ3n) is 1.07. The van der Waals surface area contributed by atoms with Crippen LogP contribution in [0.15, 0.2) is 12.3 Å². The number of ether oxygens (including phenoxy) is 1. The Balaban J connectivity index is 2.61. The Labute approximate surface area is 73.7 Å². The van der Waals surface area contributed by atoms with Crippen molar-refractivity contribution >= 4 is 0 Å². The molecule has 0 aromatic carbocycles. The number of nitrogens with zero attached hydrogens (tertiary/aromatic N) is 2. The van der Waals surface area contributed by atoms with Crippen LogP contribution in [0.1, 0.15) is 21.3 Å². The molecule has 0 saturated carbocycles. The molecule has 4 heteroatoms. The van der Waals surface area contributed by atoms with Gasteiger partial charge in [-0.25, -0.2) is 9.97 Å². The zero-order valence-electron chi connectivity index (χ0n) is 12.2. The van der Waals surface area contributed by atoms with Gasteiger partial charge >= 0.3 is 0 Å². The fraction of sp³-hybridized carbons (Fsp3) is 0.429. The summed E-state index contributed by atoms with van der Waals surface area (Å²) in [6.45, 7) is -5.38. The average Bonchev–Trinajstić information content (AvgIpc) is 2.22. The summed E-state index contributed by atoms with van der Waals surface area (Å²) in [6.07, 6.45) is -1.54. The molecule has 0 amide bonds. The Morgan fingerprint density at radius 3 is 2.91 bits per heavy atom. The number of hydrogen-bond acceptors (Lipinski definition) is 4. The lowest BCUT2D eigenvalue weighted by molar-refractivity contribution is 0.00479. The maximum atomic E-state index is 9.17. The van der Waals surface area contributed by atoms with Crippen molar-refractivity contribution in [3.05, 3.63) is 18.2 Å². The van der Waals surface area contributed by atoms with Crippen LogP contribution >= 0.6 is 0 Å². The summed E-state index contributed by atoms with van der Waals surface area (Å²) >= 11 is 0. The molecule has 0 atom stereocenters. The quantitative estimate of drug-likeness (QED) is 0.640. The van der Waals surface area contributed by atoms with Crippen LogP contribution in [0.25, 0.3) is 0 Å². The molecule has 58 valence electrons. The van der Waals surface area contributed by atoms with E-state index in [9.17, 15) is 0 Å². The zero-order chi connectivity index (χ0) is 13.9. The molecule has 2 rings (SSSR count). The second-order valence-corrected chi connectivity index (χ2v) is 1.80. The van der Waals surface area contributed by atoms with Crippen molar-refractivity contribution in [2.75, 3.05) is 13.1 Å². The zero-order valence-corrected chi connectivity index (χ0v) is 5.25. The van der Waals surface area contributed by atoms with E-state index in [1.807, 2.05) is 0 Å². The first-order chi connectivity index (χ1) is 8.03. The molecule has 0 radical (unpaired) electrons. The van der Waals surface area contributed by atoms with E-state index in [1.54, 1.807) is 0 Å². The van der Waals surface area contributed by atoms with Crippen LogP contribution in [0.4, 0.5) is 0 Å². The molecule has 1 aliphatic heterocycles. The van der Waals surface area contributed by atoms with E-state index < -0.39 is 42.9 Å². The van der Waals surface area contributed by atoms with Crippen LogP contribution < -0.4 is 0 Å². The minimum atomic E-state index is -2.69. The van der Waals surface area contributed by atoms with Crippen LogP contribution in [-0.2, 0) is 4.74 Å². The van der Waals surface area contributed by atoms with Crippen molar-refractivity contribution < 1.29 is 19.4 Å². The lowest BCUT2D eigenvalue weighted by Gasteiger charge is -2.23. The molecule has 1 aromatic heterocycles. The van der Waals surface area contributed by atoms with Gasteiger partial charge in [-0.2, -0.15) is 0 Å². The van der Waals surface area contributed by atoms with Crippen LogP contribution in [-0.4, -0.2) is 28.2 Å². The molecule has 1 N–H and O–H groups in total. The highest BCUT2D eigenvalue weighted by atomic mass is 16.5. The Hall–Kier alpha value is -1.16. The van der Waals surface area contributed by atoms with E-state index in [0.29, 0.717) is 0 Å². The summed E-state index contributed by atoms with van der Waals surface area (Å²) in [5.74, 6) is -4.13. The summed E-state index contributed by atoms with van der Waals surface area (Å²) in [5, 5.41) is 9.17. The fourth-order valence-electron chi connectivity index (χ4n) is 0.567. The second-order valence-electron chi connectivity index (χ2n) is 1.80. The van der Waals surface area contributed by atoms with Crippen molar-refractivity contribution in [3.8, 4) is 5.75 Å². The van der Waals surface area contributed by atoms with Crippen molar-refractivity contribution in [1.82, 2.24) is 9.97 Å². The predicted molar refractivity (Wildman–Crippen MR) is 37.3 cm³/mol. The first-order valence-corrected chi connectivity index (χ1v) is 2.78. The Kier molecular flexibility index (Phi) is 0.542. The highest BCUT2D eigenvalue weighted by Gasteiger charge is 2.22. The highest BCUT2D eigenvalue weighted by Crippen LogP contribution is 2.20. The van der Waals surface area contributed by atoms with Gasteiger partial charge in [0.05, 0.1) is 39.6 Å². The van der Waals surface area contributed by atoms with Crippen LogP contribution in [0.5, 0.6) is 5.75 Å². The Bertz CT molecular complexity index is 484. The summed E-state index contributed by atoms with van der Waals surface area (Å²) in [6, 6.07) is 0. The number of aromatic hydroxyl groups is 1. The van der Waals surface area contributed by atoms with Gasteiger partial charge in [-0.05, 0) is 0 Å². The van der Waals surface area contributed by atoms with Gasteiger partial charge in [0.15, 0.2) is 5.75 Å². The van der Waals surface area contributed by atoms with Gasteiger partial charge in [-0.3, -0.25) is 0 Å². The molecular formula is C7H8N2O2. The summed E-state index contributed by atoms with van der Waals surface area (Å²) < 4.78 is 56.1. The largest absolute Gasteiger partial charge is 0.505 e. The van der Waals surface area contributed by atoms with Gasteiger partial charge in [-0.1, -0.05) is 0 Å². The van der Waals surface area contributed by atoms with E-state index >= 15 is 0 Å². The third kappa shape index (κ3) is 1.17. The summed E-state index contributed by atoms with van der Waals surface area (Å²) in [7, 11) is 0. The minimum absolute atomic E-state index is 0.712. The van der Waals surface area contributed by atoms with Crippen LogP contribution in [0.3, 0.4) is 0 Å². The van der Waals surface area contributed by atoms with E-state index in [2.05, 4.69) is 14.7 Å². The first-order valence-electron chi connectivity index (χ1n) is 6.28. The first kappa shape index (κ1) is 2.42. The van der Waals surface area contributed by atoms with Crippen molar-refractivity contribution in [3.63, 3.8) is 0 Å². The van der Waals surface area contributed by atoms with E-state index in [4.69, 9.17) is 14.7 Å². The van der Waals surface area contributed by atoms with E-state index in [1.165, 1.54) is 0 Å². The predicted octanol–water partition coefficient (Wildman–Crippen LogP) is 0.296. The number of aromatic nitrogens is 2. The minimum Gasteiger partial charge on any atom is -0.505 e. The third-order valence-corrected chi connectivity index (χ3v) is 1.07. The van der Waals surface area contributed by atoms with E-state index in [0.717, 1.165) is 0 Å². The summed E-state index contributed by atoms with van der Waals surface area (Å²) in [5.41, 5.74) is 0. The molecule has 1 aromatic rings. The molecule has 0 aliphatic carbocycles. The summed E-state index contributed by atoms with van der Waals surface area (Å²) in [4.78, 5) is 6.71. The van der Waals surface area contributed by atoms with Gasteiger partial charge in [0.25, 0.3) is 0 Å². The fourth-order valence-corrected chi connectivity index (χ4v) is 0.567. The molecule has 1 fully saturated rings. The smallest absolute Gasteiger partial charge is 0.152 e. The Morgan fingerprint density at radius 1 is 1.73 bits per heavy atom. The van der Waals surface area contributed by atoms with Gasteiger partial charge in [0, 0.05) is 1.37 Å². The number of hydrogen-bond donors (Lipinski definition) is 1. The van der Waals surface area contributed by atoms with Crippen molar-refractivity contribution in [2.45, 2.75) is 5.89 Å². The van der Waals surface area contributed by atoms with Crippen molar-refractivity contribution in [1.29, 1.82) is 0 Å². The SMILES string of the molecule is [2H]c1nc(C2([2H])C([2H])([2H])OC2([2H])[2H])nc([2H])c1O. The molecule has 2 heterocycles. The van der Waals surface area contributed by atoms with Gasteiger partial charge in [-0.15, -0.1) is 0 Å². The van der Waals surface area contributed by atoms with Gasteiger partial charge in [0.2, 0.25) is 0 Å². The molecule has 1 aliphatic rings. The van der Waals surface area contributed by atoms with Crippen molar-refractivity contribution in [2.24, 2.45) is 0 Å². The lowest BCUT2D eigenvalue weighted by atomic mass is 10.1. The second kappa shape index (κ2) is 2.47. The van der Waals surface area contributed by atoms with Gasteiger partial charge < -0.3 is 9.84 Å². The molecular weight excluding hydrogens is 144 g/mol. The molecule has 11 heavy (non-hydrogen) atoms. The topological polar surface area (TPSA) is 55.2 Å². The lowest BCUT2D eigenvalue weighted by Crippen LogP contribution is -2.26. The maximum Gasteiger partial charge on any atom is 0.152 e. The van der Waals surface area contributed by atoms with Crippen LogP contribution in [0.2, 0.25) is 0 Å². The molecule has 0 bridgehead atoms. The highest BCUT2D eigenvalue weighted by molar-refractivity contribution is 5.12. The molecule has 0 spiro atoms. The van der Waals surface area contributed by atoms with Crippen LogP contribution in [0, 0.1) is 0 Å². The Morgan fingerprint density at radius 2 is 2.36 bits per heavy atom. The molecule has 4 nitrogen and oxygen atoms in total. The molecule has 1 saturated heterocycles. The molecule has 0 unspecified atom stereocenters. The standard InChI is InChI=1S/C7H8N2O2/c10-6-1-8-7(9-2-6)5-3-11-4-5/h1-2,5,10H,3-4H2/i1D,2D,3D2,4D2,5D. The maximum absolute atomic E-state index is 9.17.